The molecule has 9 nitrogen and oxygen atoms in total. The smallest absolute Gasteiger partial charge is 0.270 e. The summed E-state index contributed by atoms with van der Waals surface area (Å²) in [7, 11) is 0. The molecule has 126 valence electrons. The van der Waals surface area contributed by atoms with Crippen LogP contribution in [-0.2, 0) is 4.74 Å². The molecule has 0 saturated carbocycles. The Labute approximate surface area is 132 Å². The number of nitrogens with two attached hydrogens (primary N) is 1. The number of aliphatic hydroxyl groups is 4. The van der Waals surface area contributed by atoms with E-state index in [0.717, 1.165) is 0 Å². The second-order valence-corrected chi connectivity index (χ2v) is 5.07. The van der Waals surface area contributed by atoms with Gasteiger partial charge < -0.3 is 30.9 Å². The molecule has 0 bridgehead atoms. The SMILES string of the molecule is NC(=O)c1ncn(C2O[C@H](CO)[C@@H](O)[C@H]2O)c1C#CCCCO. The van der Waals surface area contributed by atoms with Crippen LogP contribution < -0.4 is 5.73 Å². The number of primary amides is 1. The van der Waals surface area contributed by atoms with Crippen molar-refractivity contribution in [2.75, 3.05) is 13.2 Å². The molecule has 2 rings (SSSR count). The third-order valence-electron chi connectivity index (χ3n) is 3.49. The van der Waals surface area contributed by atoms with Gasteiger partial charge in [0.25, 0.3) is 5.91 Å². The number of imidazole rings is 1. The standard InChI is InChI=1S/C14H19N3O6/c15-13(22)10-8(4-2-1-3-5-18)17(7-16-10)14-12(21)11(20)9(6-19)23-14/h7,9,11-12,14,18-21H,1,3,5-6H2,(H2,15,22)/t9-,11-,12-,14?/m1/s1. The van der Waals surface area contributed by atoms with Crippen molar-refractivity contribution in [1.29, 1.82) is 0 Å². The molecule has 1 aromatic heterocycles. The highest BCUT2D eigenvalue weighted by molar-refractivity contribution is 5.93. The molecule has 1 unspecified atom stereocenters. The molecular weight excluding hydrogens is 306 g/mol. The van der Waals surface area contributed by atoms with Crippen molar-refractivity contribution in [2.24, 2.45) is 5.73 Å². The average molecular weight is 325 g/mol. The number of aliphatic hydroxyl groups excluding tert-OH is 4. The number of rotatable bonds is 5. The van der Waals surface area contributed by atoms with Crippen LogP contribution >= 0.6 is 0 Å². The fraction of sp³-hybridized carbons (Fsp3) is 0.571. The Morgan fingerprint density at radius 1 is 1.39 bits per heavy atom. The summed E-state index contributed by atoms with van der Waals surface area (Å²) in [5, 5.41) is 37.8. The summed E-state index contributed by atoms with van der Waals surface area (Å²) in [6.45, 7) is -0.477. The highest BCUT2D eigenvalue weighted by Gasteiger charge is 2.44. The zero-order valence-electron chi connectivity index (χ0n) is 12.3. The predicted molar refractivity (Wildman–Crippen MR) is 77.0 cm³/mol. The fourth-order valence-corrected chi connectivity index (χ4v) is 2.28. The molecule has 1 fully saturated rings. The molecule has 0 spiro atoms. The first-order valence-corrected chi connectivity index (χ1v) is 7.10. The molecule has 0 radical (unpaired) electrons. The normalized spacial score (nSPS) is 26.8. The van der Waals surface area contributed by atoms with Crippen molar-refractivity contribution >= 4 is 5.91 Å². The van der Waals surface area contributed by atoms with Crippen LogP contribution in [0.2, 0.25) is 0 Å². The molecule has 9 heteroatoms. The topological polar surface area (TPSA) is 151 Å². The molecule has 6 N–H and O–H groups in total. The second kappa shape index (κ2) is 7.54. The summed E-state index contributed by atoms with van der Waals surface area (Å²) in [5.74, 6) is 4.71. The Morgan fingerprint density at radius 2 is 2.13 bits per heavy atom. The maximum atomic E-state index is 11.5. The van der Waals surface area contributed by atoms with Gasteiger partial charge >= 0.3 is 0 Å². The lowest BCUT2D eigenvalue weighted by atomic mass is 10.1. The van der Waals surface area contributed by atoms with Crippen molar-refractivity contribution in [2.45, 2.75) is 37.4 Å². The van der Waals surface area contributed by atoms with Gasteiger partial charge in [-0.25, -0.2) is 4.98 Å². The molecule has 1 amide bonds. The van der Waals surface area contributed by atoms with Gasteiger partial charge in [0.1, 0.15) is 24.0 Å². The van der Waals surface area contributed by atoms with Gasteiger partial charge in [0.05, 0.1) is 12.9 Å². The first kappa shape index (κ1) is 17.4. The maximum Gasteiger partial charge on any atom is 0.270 e. The zero-order chi connectivity index (χ0) is 17.0. The van der Waals surface area contributed by atoms with E-state index in [0.29, 0.717) is 12.8 Å². The molecule has 0 aliphatic carbocycles. The number of carbonyl (C=O) groups is 1. The van der Waals surface area contributed by atoms with Gasteiger partial charge in [0.2, 0.25) is 0 Å². The number of ether oxygens (including phenoxy) is 1. The lowest BCUT2D eigenvalue weighted by molar-refractivity contribution is -0.0531. The van der Waals surface area contributed by atoms with Crippen LogP contribution in [0.1, 0.15) is 35.3 Å². The number of hydrogen-bond acceptors (Lipinski definition) is 7. The third kappa shape index (κ3) is 3.52. The minimum absolute atomic E-state index is 0.00849. The van der Waals surface area contributed by atoms with Crippen LogP contribution in [-0.4, -0.2) is 67.4 Å². The van der Waals surface area contributed by atoms with Gasteiger partial charge in [-0.15, -0.1) is 0 Å². The van der Waals surface area contributed by atoms with E-state index < -0.39 is 37.1 Å². The van der Waals surface area contributed by atoms with Crippen molar-refractivity contribution in [3.8, 4) is 11.8 Å². The van der Waals surface area contributed by atoms with Crippen LogP contribution in [0.15, 0.2) is 6.33 Å². The maximum absolute atomic E-state index is 11.5. The number of hydrogen-bond donors (Lipinski definition) is 5. The monoisotopic (exact) mass is 325 g/mol. The lowest BCUT2D eigenvalue weighted by Gasteiger charge is -2.17. The number of nitrogens with zero attached hydrogens (tertiary/aromatic N) is 2. The molecular formula is C14H19N3O6. The molecule has 1 aliphatic heterocycles. The minimum atomic E-state index is -1.32. The number of carbonyl (C=O) groups excluding carboxylic acids is 1. The number of aromatic nitrogens is 2. The van der Waals surface area contributed by atoms with E-state index in [4.69, 9.17) is 20.7 Å². The van der Waals surface area contributed by atoms with Crippen LogP contribution in [0, 0.1) is 11.8 Å². The summed E-state index contributed by atoms with van der Waals surface area (Å²) in [4.78, 5) is 15.3. The second-order valence-electron chi connectivity index (χ2n) is 5.07. The van der Waals surface area contributed by atoms with E-state index in [1.54, 1.807) is 0 Å². The van der Waals surface area contributed by atoms with E-state index in [1.165, 1.54) is 10.9 Å². The van der Waals surface area contributed by atoms with E-state index >= 15 is 0 Å². The number of amides is 1. The first-order valence-electron chi connectivity index (χ1n) is 7.10. The van der Waals surface area contributed by atoms with Gasteiger partial charge in [-0.3, -0.25) is 9.36 Å². The highest BCUT2D eigenvalue weighted by atomic mass is 16.6. The predicted octanol–water partition coefficient (Wildman–Crippen LogP) is -2.28. The van der Waals surface area contributed by atoms with Crippen LogP contribution in [0.4, 0.5) is 0 Å². The Bertz CT molecular complexity index is 620. The van der Waals surface area contributed by atoms with Crippen LogP contribution in [0.3, 0.4) is 0 Å². The molecule has 1 aliphatic rings. The summed E-state index contributed by atoms with van der Waals surface area (Å²) in [5.41, 5.74) is 5.32. The van der Waals surface area contributed by atoms with Gasteiger partial charge in [0, 0.05) is 13.0 Å². The van der Waals surface area contributed by atoms with E-state index in [1.807, 2.05) is 0 Å². The largest absolute Gasteiger partial charge is 0.396 e. The summed E-state index contributed by atoms with van der Waals surface area (Å²) in [6.07, 6.45) is -2.50. The van der Waals surface area contributed by atoms with Gasteiger partial charge in [0.15, 0.2) is 11.9 Å². The Balaban J connectivity index is 2.34. The van der Waals surface area contributed by atoms with Crippen molar-refractivity contribution in [1.82, 2.24) is 9.55 Å². The van der Waals surface area contributed by atoms with Gasteiger partial charge in [-0.05, 0) is 12.3 Å². The van der Waals surface area contributed by atoms with Gasteiger partial charge in [-0.2, -0.15) is 0 Å². The van der Waals surface area contributed by atoms with E-state index in [2.05, 4.69) is 16.8 Å². The highest BCUT2D eigenvalue weighted by Crippen LogP contribution is 2.30. The Kier molecular flexibility index (Phi) is 5.70. The van der Waals surface area contributed by atoms with Crippen molar-refractivity contribution in [3.63, 3.8) is 0 Å². The minimum Gasteiger partial charge on any atom is -0.396 e. The number of unbranched alkanes of at least 4 members (excludes halogenated alkanes) is 1. The zero-order valence-corrected chi connectivity index (χ0v) is 12.3. The van der Waals surface area contributed by atoms with Crippen molar-refractivity contribution < 1.29 is 30.0 Å². The lowest BCUT2D eigenvalue weighted by Crippen LogP contribution is -2.33. The Morgan fingerprint density at radius 3 is 2.70 bits per heavy atom. The van der Waals surface area contributed by atoms with Crippen molar-refractivity contribution in [3.05, 3.63) is 17.7 Å². The fourth-order valence-electron chi connectivity index (χ4n) is 2.28. The molecule has 23 heavy (non-hydrogen) atoms. The quantitative estimate of drug-likeness (QED) is 0.302. The van der Waals surface area contributed by atoms with Crippen LogP contribution in [0.5, 0.6) is 0 Å². The third-order valence-corrected chi connectivity index (χ3v) is 3.49. The average Bonchev–Trinajstić information content (AvgIpc) is 3.06. The molecule has 0 aromatic carbocycles. The summed E-state index contributed by atoms with van der Waals surface area (Å²) >= 11 is 0. The molecule has 2 heterocycles. The molecule has 1 aromatic rings. The van der Waals surface area contributed by atoms with Gasteiger partial charge in [-0.1, -0.05) is 5.92 Å². The van der Waals surface area contributed by atoms with E-state index in [9.17, 15) is 15.0 Å². The molecule has 1 saturated heterocycles. The van der Waals surface area contributed by atoms with Crippen LogP contribution in [0.25, 0.3) is 0 Å². The summed E-state index contributed by atoms with van der Waals surface area (Å²) in [6, 6.07) is 0. The summed E-state index contributed by atoms with van der Waals surface area (Å²) < 4.78 is 6.70. The Hall–Kier alpha value is -1.96. The first-order chi connectivity index (χ1) is 11.0. The van der Waals surface area contributed by atoms with E-state index in [-0.39, 0.29) is 18.0 Å². The molecule has 4 atom stereocenters.